The third-order valence-corrected chi connectivity index (χ3v) is 6.98. The number of carbonyl (C=O) groups is 1. The second kappa shape index (κ2) is 10.5. The Morgan fingerprint density at radius 3 is 2.41 bits per heavy atom. The lowest BCUT2D eigenvalue weighted by atomic mass is 10.0. The molecule has 1 saturated heterocycles. The molecule has 1 amide bonds. The Bertz CT molecular complexity index is 1460. The summed E-state index contributed by atoms with van der Waals surface area (Å²) in [5.41, 5.74) is 5.55. The number of alkyl halides is 3. The summed E-state index contributed by atoms with van der Waals surface area (Å²) in [4.78, 5) is 21.9. The third kappa shape index (κ3) is 5.76. The molecule has 39 heavy (non-hydrogen) atoms. The van der Waals surface area contributed by atoms with Crippen LogP contribution in [0.1, 0.15) is 34.2 Å². The lowest BCUT2D eigenvalue weighted by Gasteiger charge is -2.46. The number of fused-ring (bicyclic) bond motifs is 1. The highest BCUT2D eigenvalue weighted by Gasteiger charge is 2.31. The number of nitrogens with zero attached hydrogens (tertiary/aromatic N) is 5. The lowest BCUT2D eigenvalue weighted by molar-refractivity contribution is -0.0999. The van der Waals surface area contributed by atoms with Crippen LogP contribution in [0.15, 0.2) is 60.8 Å². The summed E-state index contributed by atoms with van der Waals surface area (Å²) in [7, 11) is 2.03. The number of anilines is 3. The van der Waals surface area contributed by atoms with Crippen LogP contribution in [0.5, 0.6) is 0 Å². The van der Waals surface area contributed by atoms with E-state index in [0.29, 0.717) is 29.9 Å². The number of likely N-dealkylation sites (N-methyl/N-ethyl adjacent to an activating group) is 1. The van der Waals surface area contributed by atoms with Crippen molar-refractivity contribution in [3.05, 3.63) is 83.3 Å². The van der Waals surface area contributed by atoms with E-state index in [1.807, 2.05) is 57.4 Å². The van der Waals surface area contributed by atoms with Crippen LogP contribution in [-0.4, -0.2) is 53.0 Å². The van der Waals surface area contributed by atoms with Gasteiger partial charge in [0.15, 0.2) is 5.65 Å². The highest BCUT2D eigenvalue weighted by Crippen LogP contribution is 2.29. The van der Waals surface area contributed by atoms with Gasteiger partial charge in [0.2, 0.25) is 0 Å². The Hall–Kier alpha value is -4.28. The van der Waals surface area contributed by atoms with E-state index in [2.05, 4.69) is 25.2 Å². The summed E-state index contributed by atoms with van der Waals surface area (Å²) in [5.74, 6) is -0.196. The molecule has 8 nitrogen and oxygen atoms in total. The summed E-state index contributed by atoms with van der Waals surface area (Å²) in [6.45, 7) is 5.77. The van der Waals surface area contributed by atoms with Crippen LogP contribution < -0.4 is 20.4 Å². The van der Waals surface area contributed by atoms with Gasteiger partial charge in [-0.15, -0.1) is 0 Å². The molecular formula is C28H30F3N7O. The molecule has 204 valence electrons. The van der Waals surface area contributed by atoms with E-state index in [1.165, 1.54) is 17.4 Å². The lowest BCUT2D eigenvalue weighted by Crippen LogP contribution is -2.58. The standard InChI is InChI=1S/C28H30F3N7O/c1-4-24-25(26-33-18(2)13-14-38(26)35-24)27(39)32-15-19-5-9-21(10-6-19)36(3)23-16-37(17-23)22-11-7-20(8-12-22)34-28(29,30)31/h5-14,23,34H,4,15-17H2,1-3H3,(H,32,39). The van der Waals surface area contributed by atoms with Crippen molar-refractivity contribution < 1.29 is 18.0 Å². The minimum atomic E-state index is -4.45. The molecule has 0 spiro atoms. The van der Waals surface area contributed by atoms with Crippen LogP contribution in [0.3, 0.4) is 0 Å². The Labute approximate surface area is 224 Å². The SMILES string of the molecule is CCc1nn2ccc(C)nc2c1C(=O)NCc1ccc(N(C)C2CN(c3ccc(NC(F)(F)F)cc3)C2)cc1. The first-order valence-corrected chi connectivity index (χ1v) is 12.8. The van der Waals surface area contributed by atoms with Crippen molar-refractivity contribution in [2.75, 3.05) is 35.3 Å². The zero-order valence-electron chi connectivity index (χ0n) is 22.0. The molecule has 2 N–H and O–H groups in total. The first-order valence-electron chi connectivity index (χ1n) is 12.8. The number of aryl methyl sites for hydroxylation is 2. The van der Waals surface area contributed by atoms with Crippen LogP contribution >= 0.6 is 0 Å². The summed E-state index contributed by atoms with van der Waals surface area (Å²) < 4.78 is 39.1. The predicted molar refractivity (Wildman–Crippen MR) is 145 cm³/mol. The molecular weight excluding hydrogens is 507 g/mol. The van der Waals surface area contributed by atoms with Gasteiger partial charge in [-0.05, 0) is 61.4 Å². The first-order chi connectivity index (χ1) is 18.6. The number of hydrogen-bond donors (Lipinski definition) is 2. The highest BCUT2D eigenvalue weighted by molar-refractivity contribution is 6.01. The molecule has 11 heteroatoms. The summed E-state index contributed by atoms with van der Waals surface area (Å²) in [5, 5.41) is 9.01. The van der Waals surface area contributed by atoms with Crippen LogP contribution in [0.25, 0.3) is 5.65 Å². The van der Waals surface area contributed by atoms with Crippen molar-refractivity contribution in [3.8, 4) is 0 Å². The van der Waals surface area contributed by atoms with E-state index in [9.17, 15) is 18.0 Å². The van der Waals surface area contributed by atoms with Crippen molar-refractivity contribution >= 4 is 28.6 Å². The van der Waals surface area contributed by atoms with Gasteiger partial charge in [0.1, 0.15) is 5.56 Å². The maximum absolute atomic E-state index is 13.1. The minimum absolute atomic E-state index is 0.0213. The van der Waals surface area contributed by atoms with Gasteiger partial charge in [0.25, 0.3) is 5.91 Å². The van der Waals surface area contributed by atoms with E-state index >= 15 is 0 Å². The number of nitrogens with one attached hydrogen (secondary N) is 2. The van der Waals surface area contributed by atoms with E-state index < -0.39 is 6.30 Å². The number of amides is 1. The topological polar surface area (TPSA) is 77.8 Å². The second-order valence-corrected chi connectivity index (χ2v) is 9.70. The van der Waals surface area contributed by atoms with Gasteiger partial charge in [-0.3, -0.25) is 10.1 Å². The number of aromatic nitrogens is 3. The monoisotopic (exact) mass is 537 g/mol. The van der Waals surface area contributed by atoms with Gasteiger partial charge >= 0.3 is 6.30 Å². The minimum Gasteiger partial charge on any atom is -0.368 e. The summed E-state index contributed by atoms with van der Waals surface area (Å²) >= 11 is 0. The largest absolute Gasteiger partial charge is 0.482 e. The molecule has 1 aliphatic rings. The van der Waals surface area contributed by atoms with Crippen LogP contribution in [0, 0.1) is 6.92 Å². The van der Waals surface area contributed by atoms with E-state index in [4.69, 9.17) is 0 Å². The molecule has 0 saturated carbocycles. The smallest absolute Gasteiger partial charge is 0.368 e. The zero-order chi connectivity index (χ0) is 27.7. The number of hydrogen-bond acceptors (Lipinski definition) is 6. The third-order valence-electron chi connectivity index (χ3n) is 6.98. The Kier molecular flexibility index (Phi) is 7.07. The molecule has 1 fully saturated rings. The molecule has 1 aliphatic heterocycles. The Balaban J connectivity index is 1.15. The predicted octanol–water partition coefficient (Wildman–Crippen LogP) is 4.79. The number of carbonyl (C=O) groups excluding carboxylic acids is 1. The molecule has 0 aliphatic carbocycles. The number of rotatable bonds is 8. The molecule has 0 atom stereocenters. The molecule has 0 radical (unpaired) electrons. The van der Waals surface area contributed by atoms with Crippen LogP contribution in [0.2, 0.25) is 0 Å². The van der Waals surface area contributed by atoms with Gasteiger partial charge in [0, 0.05) is 55.6 Å². The van der Waals surface area contributed by atoms with E-state index in [-0.39, 0.29) is 17.6 Å². The van der Waals surface area contributed by atoms with Crippen molar-refractivity contribution in [3.63, 3.8) is 0 Å². The Morgan fingerprint density at radius 2 is 1.77 bits per heavy atom. The normalized spacial score (nSPS) is 13.8. The van der Waals surface area contributed by atoms with E-state index in [1.54, 1.807) is 16.6 Å². The Morgan fingerprint density at radius 1 is 1.08 bits per heavy atom. The average molecular weight is 538 g/mol. The summed E-state index contributed by atoms with van der Waals surface area (Å²) in [6, 6.07) is 16.4. The number of halogens is 3. The maximum atomic E-state index is 13.1. The van der Waals surface area contributed by atoms with Gasteiger partial charge in [0.05, 0.1) is 11.7 Å². The van der Waals surface area contributed by atoms with E-state index in [0.717, 1.165) is 35.7 Å². The van der Waals surface area contributed by atoms with Gasteiger partial charge in [-0.1, -0.05) is 19.1 Å². The fraction of sp³-hybridized carbons (Fsp3) is 0.321. The molecule has 2 aromatic carbocycles. The van der Waals surface area contributed by atoms with Crippen molar-refractivity contribution in [2.45, 2.75) is 39.2 Å². The molecule has 0 unspecified atom stereocenters. The maximum Gasteiger partial charge on any atom is 0.482 e. The zero-order valence-corrected chi connectivity index (χ0v) is 22.0. The van der Waals surface area contributed by atoms with Crippen LogP contribution in [-0.2, 0) is 13.0 Å². The highest BCUT2D eigenvalue weighted by atomic mass is 19.4. The van der Waals surface area contributed by atoms with Crippen molar-refractivity contribution in [1.29, 1.82) is 0 Å². The molecule has 3 heterocycles. The van der Waals surface area contributed by atoms with Crippen LogP contribution in [0.4, 0.5) is 30.2 Å². The molecule has 4 aromatic rings. The average Bonchev–Trinajstić information content (AvgIpc) is 3.24. The second-order valence-electron chi connectivity index (χ2n) is 9.70. The fourth-order valence-corrected chi connectivity index (χ4v) is 4.71. The van der Waals surface area contributed by atoms with Crippen molar-refractivity contribution in [1.82, 2.24) is 19.9 Å². The molecule has 0 bridgehead atoms. The van der Waals surface area contributed by atoms with Gasteiger partial charge in [-0.25, -0.2) is 9.50 Å². The van der Waals surface area contributed by atoms with Crippen molar-refractivity contribution in [2.24, 2.45) is 0 Å². The molecule has 5 rings (SSSR count). The van der Waals surface area contributed by atoms with Gasteiger partial charge < -0.3 is 15.1 Å². The van der Waals surface area contributed by atoms with Gasteiger partial charge in [-0.2, -0.15) is 18.3 Å². The summed E-state index contributed by atoms with van der Waals surface area (Å²) in [6.07, 6.45) is -2.00. The molecule has 2 aromatic heterocycles. The fourth-order valence-electron chi connectivity index (χ4n) is 4.71. The quantitative estimate of drug-likeness (QED) is 0.315. The first kappa shape index (κ1) is 26.3. The number of benzene rings is 2.